The van der Waals surface area contributed by atoms with E-state index in [1.54, 1.807) is 0 Å². The lowest BCUT2D eigenvalue weighted by atomic mass is 9.95. The van der Waals surface area contributed by atoms with E-state index in [1.165, 1.54) is 38.5 Å². The van der Waals surface area contributed by atoms with Crippen LogP contribution >= 0.6 is 0 Å². The second-order valence-corrected chi connectivity index (χ2v) is 3.49. The Morgan fingerprint density at radius 2 is 1.67 bits per heavy atom. The summed E-state index contributed by atoms with van der Waals surface area (Å²) in [6.45, 7) is 3.94. The van der Waals surface area contributed by atoms with E-state index >= 15 is 0 Å². The van der Waals surface area contributed by atoms with Crippen LogP contribution < -0.4 is 11.5 Å². The van der Waals surface area contributed by atoms with Gasteiger partial charge in [-0.3, -0.25) is 0 Å². The van der Waals surface area contributed by atoms with Crippen LogP contribution in [0.5, 0.6) is 0 Å². The van der Waals surface area contributed by atoms with Gasteiger partial charge >= 0.3 is 0 Å². The number of rotatable bonds is 8. The van der Waals surface area contributed by atoms with Crippen LogP contribution in [-0.2, 0) is 0 Å². The molecule has 74 valence electrons. The summed E-state index contributed by atoms with van der Waals surface area (Å²) < 4.78 is 0. The molecule has 0 aromatic carbocycles. The molecule has 0 aliphatic heterocycles. The molecule has 0 aliphatic carbocycles. The van der Waals surface area contributed by atoms with Crippen LogP contribution in [-0.4, -0.2) is 13.1 Å². The van der Waals surface area contributed by atoms with E-state index in [0.717, 1.165) is 19.0 Å². The molecule has 1 unspecified atom stereocenters. The summed E-state index contributed by atoms with van der Waals surface area (Å²) >= 11 is 0. The molecule has 0 bridgehead atoms. The molecule has 0 heterocycles. The van der Waals surface area contributed by atoms with Gasteiger partial charge in [0.15, 0.2) is 0 Å². The third-order valence-corrected chi connectivity index (χ3v) is 2.47. The predicted octanol–water partition coefficient (Wildman–Crippen LogP) is 1.88. The van der Waals surface area contributed by atoms with E-state index in [4.69, 9.17) is 11.5 Å². The minimum absolute atomic E-state index is 0.841. The van der Waals surface area contributed by atoms with Crippen LogP contribution in [0.25, 0.3) is 0 Å². The zero-order chi connectivity index (χ0) is 9.23. The largest absolute Gasteiger partial charge is 0.330 e. The maximum absolute atomic E-state index is 5.52. The smallest absolute Gasteiger partial charge is 0.00746 e. The molecule has 0 amide bonds. The lowest BCUT2D eigenvalue weighted by molar-refractivity contribution is 0.420. The van der Waals surface area contributed by atoms with E-state index in [9.17, 15) is 0 Å². The number of hydrogen-bond acceptors (Lipinski definition) is 2. The molecule has 0 radical (unpaired) electrons. The summed E-state index contributed by atoms with van der Waals surface area (Å²) in [6.07, 6.45) is 7.61. The van der Waals surface area contributed by atoms with Gasteiger partial charge < -0.3 is 11.5 Å². The molecule has 2 nitrogen and oxygen atoms in total. The fourth-order valence-electron chi connectivity index (χ4n) is 1.54. The maximum Gasteiger partial charge on any atom is -0.00746 e. The van der Waals surface area contributed by atoms with Crippen molar-refractivity contribution in [2.75, 3.05) is 13.1 Å². The van der Waals surface area contributed by atoms with Crippen molar-refractivity contribution in [2.24, 2.45) is 17.4 Å². The van der Waals surface area contributed by atoms with E-state index < -0.39 is 0 Å². The first-order valence-corrected chi connectivity index (χ1v) is 5.25. The van der Waals surface area contributed by atoms with E-state index in [-0.39, 0.29) is 0 Å². The monoisotopic (exact) mass is 172 g/mol. The molecule has 0 aliphatic rings. The second-order valence-electron chi connectivity index (χ2n) is 3.49. The van der Waals surface area contributed by atoms with E-state index in [1.807, 2.05) is 0 Å². The first-order valence-electron chi connectivity index (χ1n) is 5.25. The molecule has 0 fully saturated rings. The molecule has 0 rings (SSSR count). The van der Waals surface area contributed by atoms with Gasteiger partial charge in [-0.15, -0.1) is 0 Å². The van der Waals surface area contributed by atoms with Crippen molar-refractivity contribution in [1.82, 2.24) is 0 Å². The molecule has 2 heteroatoms. The molecule has 12 heavy (non-hydrogen) atoms. The zero-order valence-corrected chi connectivity index (χ0v) is 8.39. The molecular weight excluding hydrogens is 148 g/mol. The topological polar surface area (TPSA) is 52.0 Å². The highest BCUT2D eigenvalue weighted by molar-refractivity contribution is 4.58. The average molecular weight is 172 g/mol. The van der Waals surface area contributed by atoms with Crippen molar-refractivity contribution in [1.29, 1.82) is 0 Å². The van der Waals surface area contributed by atoms with Crippen LogP contribution in [0.4, 0.5) is 0 Å². The lowest BCUT2D eigenvalue weighted by Gasteiger charge is -2.12. The Morgan fingerprint density at radius 1 is 0.917 bits per heavy atom. The quantitative estimate of drug-likeness (QED) is 0.549. The van der Waals surface area contributed by atoms with Crippen LogP contribution in [0.3, 0.4) is 0 Å². The molecule has 1 atom stereocenters. The molecule has 0 aromatic rings. The van der Waals surface area contributed by atoms with Gasteiger partial charge in [0.25, 0.3) is 0 Å². The Balaban J connectivity index is 3.19. The van der Waals surface area contributed by atoms with E-state index in [0.29, 0.717) is 0 Å². The summed E-state index contributed by atoms with van der Waals surface area (Å²) in [7, 11) is 0. The van der Waals surface area contributed by atoms with Gasteiger partial charge in [0.1, 0.15) is 0 Å². The predicted molar refractivity (Wildman–Crippen MR) is 55.0 cm³/mol. The van der Waals surface area contributed by atoms with Crippen molar-refractivity contribution in [3.8, 4) is 0 Å². The lowest BCUT2D eigenvalue weighted by Crippen LogP contribution is -2.08. The van der Waals surface area contributed by atoms with Gasteiger partial charge in [0, 0.05) is 0 Å². The Hall–Kier alpha value is -0.0800. The second kappa shape index (κ2) is 9.01. The van der Waals surface area contributed by atoms with Crippen molar-refractivity contribution < 1.29 is 0 Å². The summed E-state index contributed by atoms with van der Waals surface area (Å²) in [4.78, 5) is 0. The van der Waals surface area contributed by atoms with Crippen molar-refractivity contribution >= 4 is 0 Å². The highest BCUT2D eigenvalue weighted by Crippen LogP contribution is 2.15. The minimum Gasteiger partial charge on any atom is -0.330 e. The molecular formula is C10H24N2. The van der Waals surface area contributed by atoms with Crippen LogP contribution in [0.2, 0.25) is 0 Å². The fraction of sp³-hybridized carbons (Fsp3) is 1.00. The van der Waals surface area contributed by atoms with Gasteiger partial charge in [0.05, 0.1) is 0 Å². The number of unbranched alkanes of at least 4 members (excludes halogenated alkanes) is 2. The Bertz CT molecular complexity index is 83.9. The molecule has 0 aromatic heterocycles. The standard InChI is InChI=1S/C10H24N2/c1-2-10(7-9-12)6-4-3-5-8-11/h10H,2-9,11-12H2,1H3. The third kappa shape index (κ3) is 6.62. The number of nitrogens with two attached hydrogens (primary N) is 2. The van der Waals surface area contributed by atoms with Crippen molar-refractivity contribution in [3.05, 3.63) is 0 Å². The normalized spacial score (nSPS) is 13.2. The molecule has 0 saturated heterocycles. The van der Waals surface area contributed by atoms with Crippen LogP contribution in [0.1, 0.15) is 45.4 Å². The minimum atomic E-state index is 0.841. The average Bonchev–Trinajstić information content (AvgIpc) is 2.10. The maximum atomic E-state index is 5.52. The summed E-state index contributed by atoms with van der Waals surface area (Å²) in [6, 6.07) is 0. The van der Waals surface area contributed by atoms with E-state index in [2.05, 4.69) is 6.92 Å². The van der Waals surface area contributed by atoms with Gasteiger partial charge in [-0.25, -0.2) is 0 Å². The third-order valence-electron chi connectivity index (χ3n) is 2.47. The van der Waals surface area contributed by atoms with Gasteiger partial charge in [-0.1, -0.05) is 32.6 Å². The zero-order valence-electron chi connectivity index (χ0n) is 8.39. The van der Waals surface area contributed by atoms with Gasteiger partial charge in [-0.05, 0) is 31.8 Å². The summed E-state index contributed by atoms with van der Waals surface area (Å²) in [5.41, 5.74) is 10.9. The van der Waals surface area contributed by atoms with Crippen molar-refractivity contribution in [2.45, 2.75) is 45.4 Å². The van der Waals surface area contributed by atoms with Crippen molar-refractivity contribution in [3.63, 3.8) is 0 Å². The highest BCUT2D eigenvalue weighted by Gasteiger charge is 2.03. The summed E-state index contributed by atoms with van der Waals surface area (Å²) in [5, 5.41) is 0. The molecule has 0 spiro atoms. The molecule has 4 N–H and O–H groups in total. The Morgan fingerprint density at radius 3 is 2.17 bits per heavy atom. The summed E-state index contributed by atoms with van der Waals surface area (Å²) in [5.74, 6) is 0.854. The van der Waals surface area contributed by atoms with Gasteiger partial charge in [-0.2, -0.15) is 0 Å². The van der Waals surface area contributed by atoms with Crippen LogP contribution in [0, 0.1) is 5.92 Å². The first-order chi connectivity index (χ1) is 5.85. The van der Waals surface area contributed by atoms with Crippen LogP contribution in [0.15, 0.2) is 0 Å². The Kier molecular flexibility index (Phi) is 8.95. The SMILES string of the molecule is CCC(CCN)CCCCCN. The fourth-order valence-corrected chi connectivity index (χ4v) is 1.54. The highest BCUT2D eigenvalue weighted by atomic mass is 14.5. The number of hydrogen-bond donors (Lipinski definition) is 2. The first kappa shape index (κ1) is 11.9. The molecule has 0 saturated carbocycles. The Labute approximate surface area is 76.7 Å². The van der Waals surface area contributed by atoms with Gasteiger partial charge in [0.2, 0.25) is 0 Å².